The molecule has 1 N–H and O–H groups in total. The summed E-state index contributed by atoms with van der Waals surface area (Å²) in [5.74, 6) is -0.377. The molecule has 0 atom stereocenters. The molecule has 1 aromatic carbocycles. The fourth-order valence-electron chi connectivity index (χ4n) is 0.905. The molecule has 0 aliphatic rings. The van der Waals surface area contributed by atoms with E-state index in [4.69, 9.17) is 21.5 Å². The van der Waals surface area contributed by atoms with E-state index in [1.165, 1.54) is 32.4 Å². The molecule has 14 heavy (non-hydrogen) atoms. The maximum absolute atomic E-state index is 11.5. The fraction of sp³-hybridized carbons (Fsp3) is 0.222. The molecule has 0 unspecified atom stereocenters. The van der Waals surface area contributed by atoms with Crippen molar-refractivity contribution in [2.75, 3.05) is 14.2 Å². The number of rotatable bonds is 2. The number of aromatic hydroxyl groups is 1. The monoisotopic (exact) mass is 215 g/mol. The van der Waals surface area contributed by atoms with Crippen molar-refractivity contribution < 1.29 is 14.7 Å². The third kappa shape index (κ3) is 2.16. The first kappa shape index (κ1) is 10.8. The molecule has 0 spiro atoms. The van der Waals surface area contributed by atoms with Crippen molar-refractivity contribution in [1.82, 2.24) is 5.06 Å². The highest BCUT2D eigenvalue weighted by molar-refractivity contribution is 6.32. The van der Waals surface area contributed by atoms with Gasteiger partial charge in [-0.3, -0.25) is 9.63 Å². The van der Waals surface area contributed by atoms with E-state index in [9.17, 15) is 4.79 Å². The smallest absolute Gasteiger partial charge is 0.277 e. The number of halogens is 1. The molecular weight excluding hydrogens is 206 g/mol. The Morgan fingerprint density at radius 1 is 1.57 bits per heavy atom. The van der Waals surface area contributed by atoms with Crippen LogP contribution in [0.4, 0.5) is 0 Å². The Bertz CT molecular complexity index is 354. The molecule has 1 amide bonds. The number of phenols is 1. The minimum absolute atomic E-state index is 0.0525. The summed E-state index contributed by atoms with van der Waals surface area (Å²) < 4.78 is 0. The molecule has 5 heteroatoms. The lowest BCUT2D eigenvalue weighted by molar-refractivity contribution is -0.0756. The van der Waals surface area contributed by atoms with E-state index in [2.05, 4.69) is 0 Å². The van der Waals surface area contributed by atoms with Crippen LogP contribution in [-0.2, 0) is 4.84 Å². The fourth-order valence-corrected chi connectivity index (χ4v) is 1.09. The average molecular weight is 216 g/mol. The summed E-state index contributed by atoms with van der Waals surface area (Å²) in [5.41, 5.74) is 0.358. The number of hydrogen-bond donors (Lipinski definition) is 1. The lowest BCUT2D eigenvalue weighted by Gasteiger charge is -2.13. The molecule has 0 radical (unpaired) electrons. The van der Waals surface area contributed by atoms with Crippen LogP contribution in [0.1, 0.15) is 10.4 Å². The largest absolute Gasteiger partial charge is 0.506 e. The summed E-state index contributed by atoms with van der Waals surface area (Å²) in [7, 11) is 2.88. The summed E-state index contributed by atoms with van der Waals surface area (Å²) in [5, 5.41) is 10.3. The van der Waals surface area contributed by atoms with Gasteiger partial charge in [-0.25, -0.2) is 5.06 Å². The van der Waals surface area contributed by atoms with Gasteiger partial charge in [0.05, 0.1) is 12.1 Å². The number of carbonyl (C=O) groups excluding carboxylic acids is 1. The lowest BCUT2D eigenvalue weighted by Crippen LogP contribution is -2.25. The highest BCUT2D eigenvalue weighted by Gasteiger charge is 2.12. The molecule has 0 aliphatic carbocycles. The van der Waals surface area contributed by atoms with E-state index in [0.29, 0.717) is 5.56 Å². The molecule has 0 saturated carbocycles. The van der Waals surface area contributed by atoms with Gasteiger partial charge in [0, 0.05) is 12.6 Å². The van der Waals surface area contributed by atoms with Crippen LogP contribution >= 0.6 is 11.6 Å². The second kappa shape index (κ2) is 4.30. The number of nitrogens with zero attached hydrogens (tertiary/aromatic N) is 1. The molecule has 0 fully saturated rings. The molecule has 1 aromatic rings. The Hall–Kier alpha value is -1.26. The number of benzene rings is 1. The van der Waals surface area contributed by atoms with Crippen molar-refractivity contribution in [3.05, 3.63) is 28.8 Å². The minimum atomic E-state index is -0.325. The van der Waals surface area contributed by atoms with Gasteiger partial charge in [-0.15, -0.1) is 0 Å². The predicted molar refractivity (Wildman–Crippen MR) is 52.2 cm³/mol. The van der Waals surface area contributed by atoms with Gasteiger partial charge < -0.3 is 5.11 Å². The van der Waals surface area contributed by atoms with Gasteiger partial charge >= 0.3 is 0 Å². The van der Waals surface area contributed by atoms with Crippen LogP contribution in [0.2, 0.25) is 5.02 Å². The van der Waals surface area contributed by atoms with Crippen molar-refractivity contribution in [1.29, 1.82) is 0 Å². The van der Waals surface area contributed by atoms with Crippen LogP contribution in [-0.4, -0.2) is 30.2 Å². The van der Waals surface area contributed by atoms with Gasteiger partial charge in [-0.2, -0.15) is 0 Å². The van der Waals surface area contributed by atoms with E-state index in [1.807, 2.05) is 0 Å². The zero-order valence-corrected chi connectivity index (χ0v) is 8.58. The molecule has 76 valence electrons. The SMILES string of the molecule is CON(C)C(=O)c1ccc(O)c(Cl)c1. The minimum Gasteiger partial charge on any atom is -0.506 e. The first-order valence-electron chi connectivity index (χ1n) is 3.87. The van der Waals surface area contributed by atoms with Gasteiger partial charge in [-0.1, -0.05) is 11.6 Å². The molecule has 4 nitrogen and oxygen atoms in total. The van der Waals surface area contributed by atoms with Crippen LogP contribution in [0.15, 0.2) is 18.2 Å². The molecule has 0 bridgehead atoms. The van der Waals surface area contributed by atoms with Crippen molar-refractivity contribution in [2.45, 2.75) is 0 Å². The van der Waals surface area contributed by atoms with Crippen LogP contribution in [0.25, 0.3) is 0 Å². The van der Waals surface area contributed by atoms with Crippen LogP contribution in [0.3, 0.4) is 0 Å². The van der Waals surface area contributed by atoms with Gasteiger partial charge in [0.15, 0.2) is 0 Å². The van der Waals surface area contributed by atoms with Gasteiger partial charge in [0.1, 0.15) is 5.75 Å². The van der Waals surface area contributed by atoms with Gasteiger partial charge in [0.2, 0.25) is 0 Å². The number of hydrogen-bond acceptors (Lipinski definition) is 3. The standard InChI is InChI=1S/C9H10ClNO3/c1-11(14-2)9(13)6-3-4-8(12)7(10)5-6/h3-5,12H,1-2H3. The van der Waals surface area contributed by atoms with E-state index < -0.39 is 0 Å². The Kier molecular flexibility index (Phi) is 3.33. The Morgan fingerprint density at radius 3 is 2.71 bits per heavy atom. The highest BCUT2D eigenvalue weighted by atomic mass is 35.5. The molecule has 0 aliphatic heterocycles. The number of hydroxylamine groups is 2. The molecule has 0 saturated heterocycles. The maximum atomic E-state index is 11.5. The van der Waals surface area contributed by atoms with Crippen molar-refractivity contribution in [2.24, 2.45) is 0 Å². The van der Waals surface area contributed by atoms with Crippen LogP contribution < -0.4 is 0 Å². The third-order valence-corrected chi connectivity index (χ3v) is 2.06. The quantitative estimate of drug-likeness (QED) is 0.764. The lowest BCUT2D eigenvalue weighted by atomic mass is 10.2. The van der Waals surface area contributed by atoms with Crippen molar-refractivity contribution >= 4 is 17.5 Å². The molecular formula is C9H10ClNO3. The summed E-state index contributed by atoms with van der Waals surface area (Å²) in [4.78, 5) is 16.2. The van der Waals surface area contributed by atoms with E-state index in [0.717, 1.165) is 5.06 Å². The van der Waals surface area contributed by atoms with E-state index >= 15 is 0 Å². The van der Waals surface area contributed by atoms with Gasteiger partial charge in [-0.05, 0) is 18.2 Å². The zero-order chi connectivity index (χ0) is 10.7. The van der Waals surface area contributed by atoms with Crippen molar-refractivity contribution in [3.63, 3.8) is 0 Å². The number of carbonyl (C=O) groups is 1. The topological polar surface area (TPSA) is 49.8 Å². The van der Waals surface area contributed by atoms with E-state index in [-0.39, 0.29) is 16.7 Å². The summed E-state index contributed by atoms with van der Waals surface area (Å²) in [6.45, 7) is 0. The normalized spacial score (nSPS) is 9.93. The maximum Gasteiger partial charge on any atom is 0.277 e. The highest BCUT2D eigenvalue weighted by Crippen LogP contribution is 2.24. The Labute approximate surface area is 86.6 Å². The zero-order valence-electron chi connectivity index (χ0n) is 7.82. The molecule has 1 rings (SSSR count). The van der Waals surface area contributed by atoms with E-state index in [1.54, 1.807) is 0 Å². The summed E-state index contributed by atoms with van der Waals surface area (Å²) in [6.07, 6.45) is 0. The Balaban J connectivity index is 2.97. The first-order chi connectivity index (χ1) is 6.56. The number of amides is 1. The van der Waals surface area contributed by atoms with Gasteiger partial charge in [0.25, 0.3) is 5.91 Å². The average Bonchev–Trinajstić information content (AvgIpc) is 2.20. The predicted octanol–water partition coefficient (Wildman–Crippen LogP) is 1.68. The Morgan fingerprint density at radius 2 is 2.21 bits per heavy atom. The third-order valence-electron chi connectivity index (χ3n) is 1.75. The first-order valence-corrected chi connectivity index (χ1v) is 4.24. The summed E-state index contributed by atoms with van der Waals surface area (Å²) >= 11 is 5.64. The number of phenolic OH excluding ortho intramolecular Hbond substituents is 1. The summed E-state index contributed by atoms with van der Waals surface area (Å²) in [6, 6.07) is 4.22. The van der Waals surface area contributed by atoms with Crippen LogP contribution in [0.5, 0.6) is 5.75 Å². The molecule has 0 heterocycles. The second-order valence-electron chi connectivity index (χ2n) is 2.65. The second-order valence-corrected chi connectivity index (χ2v) is 3.06. The molecule has 0 aromatic heterocycles. The van der Waals surface area contributed by atoms with Crippen molar-refractivity contribution in [3.8, 4) is 5.75 Å². The van der Waals surface area contributed by atoms with Crippen LogP contribution in [0, 0.1) is 0 Å².